The van der Waals surface area contributed by atoms with Crippen molar-refractivity contribution in [3.8, 4) is 11.5 Å². The lowest BCUT2D eigenvalue weighted by atomic mass is 9.80. The molecule has 1 N–H and O–H groups in total. The van der Waals surface area contributed by atoms with Gasteiger partial charge in [0.1, 0.15) is 0 Å². The molecule has 1 atom stereocenters. The van der Waals surface area contributed by atoms with Crippen molar-refractivity contribution >= 4 is 5.91 Å². The van der Waals surface area contributed by atoms with Gasteiger partial charge in [0.15, 0.2) is 11.5 Å². The summed E-state index contributed by atoms with van der Waals surface area (Å²) in [6.07, 6.45) is 4.93. The molecule has 1 aromatic rings. The van der Waals surface area contributed by atoms with Crippen molar-refractivity contribution in [1.82, 2.24) is 5.32 Å². The second kappa shape index (κ2) is 4.76. The number of carbonyl (C=O) groups excluding carboxylic acids is 1. The molecule has 1 fully saturated rings. The minimum atomic E-state index is 0.000256. The molecular formula is C15H19NO3. The van der Waals surface area contributed by atoms with E-state index in [1.54, 1.807) is 20.3 Å². The van der Waals surface area contributed by atoms with Crippen LogP contribution in [0.3, 0.4) is 0 Å². The molecule has 0 spiro atoms. The Hall–Kier alpha value is -1.71. The average Bonchev–Trinajstić information content (AvgIpc) is 2.68. The highest BCUT2D eigenvalue weighted by Crippen LogP contribution is 2.41. The molecule has 3 rings (SSSR count). The first-order valence-corrected chi connectivity index (χ1v) is 6.79. The minimum Gasteiger partial charge on any atom is -0.493 e. The van der Waals surface area contributed by atoms with Crippen molar-refractivity contribution in [2.45, 2.75) is 31.7 Å². The van der Waals surface area contributed by atoms with Crippen molar-refractivity contribution in [3.05, 3.63) is 23.3 Å². The zero-order valence-corrected chi connectivity index (χ0v) is 11.4. The van der Waals surface area contributed by atoms with Gasteiger partial charge in [-0.15, -0.1) is 0 Å². The van der Waals surface area contributed by atoms with Crippen molar-refractivity contribution in [1.29, 1.82) is 0 Å². The van der Waals surface area contributed by atoms with Crippen LogP contribution in [0.2, 0.25) is 0 Å². The molecule has 4 nitrogen and oxygen atoms in total. The van der Waals surface area contributed by atoms with Crippen LogP contribution in [0.15, 0.2) is 12.1 Å². The molecule has 102 valence electrons. The number of methoxy groups -OCH3 is 2. The highest BCUT2D eigenvalue weighted by Gasteiger charge is 2.33. The third-order valence-corrected chi connectivity index (χ3v) is 4.27. The van der Waals surface area contributed by atoms with Gasteiger partial charge in [-0.25, -0.2) is 0 Å². The van der Waals surface area contributed by atoms with Gasteiger partial charge in [-0.1, -0.05) is 19.3 Å². The topological polar surface area (TPSA) is 47.6 Å². The lowest BCUT2D eigenvalue weighted by molar-refractivity contribution is 0.0948. The first kappa shape index (κ1) is 12.3. The number of fused-ring (bicyclic) bond motifs is 1. The Morgan fingerprint density at radius 1 is 1.21 bits per heavy atom. The third-order valence-electron chi connectivity index (χ3n) is 4.27. The number of hydrogen-bond acceptors (Lipinski definition) is 3. The Morgan fingerprint density at radius 2 is 1.89 bits per heavy atom. The van der Waals surface area contributed by atoms with Crippen molar-refractivity contribution in [2.24, 2.45) is 5.92 Å². The smallest absolute Gasteiger partial charge is 0.252 e. The van der Waals surface area contributed by atoms with Gasteiger partial charge in [0, 0.05) is 5.56 Å². The van der Waals surface area contributed by atoms with E-state index in [9.17, 15) is 4.79 Å². The molecule has 0 aromatic heterocycles. The summed E-state index contributed by atoms with van der Waals surface area (Å²) in [7, 11) is 3.21. The van der Waals surface area contributed by atoms with E-state index in [0.29, 0.717) is 11.5 Å². The van der Waals surface area contributed by atoms with Crippen LogP contribution >= 0.6 is 0 Å². The van der Waals surface area contributed by atoms with Gasteiger partial charge in [0.25, 0.3) is 5.91 Å². The molecule has 1 heterocycles. The Kier molecular flexibility index (Phi) is 3.09. The third kappa shape index (κ3) is 2.05. The molecule has 1 saturated carbocycles. The normalized spacial score (nSPS) is 21.6. The van der Waals surface area contributed by atoms with E-state index < -0.39 is 0 Å². The number of nitrogens with one attached hydrogen (secondary N) is 1. The summed E-state index contributed by atoms with van der Waals surface area (Å²) >= 11 is 0. The molecule has 4 heteroatoms. The summed E-state index contributed by atoms with van der Waals surface area (Å²) in [5, 5.41) is 3.07. The lowest BCUT2D eigenvalue weighted by Crippen LogP contribution is -2.23. The summed E-state index contributed by atoms with van der Waals surface area (Å²) in [5.41, 5.74) is 1.77. The van der Waals surface area contributed by atoms with Gasteiger partial charge in [-0.3, -0.25) is 4.79 Å². The van der Waals surface area contributed by atoms with Gasteiger partial charge in [-0.2, -0.15) is 0 Å². The molecule has 0 radical (unpaired) electrons. The van der Waals surface area contributed by atoms with E-state index in [1.165, 1.54) is 19.3 Å². The fourth-order valence-corrected chi connectivity index (χ4v) is 2.94. The van der Waals surface area contributed by atoms with Gasteiger partial charge >= 0.3 is 0 Å². The Labute approximate surface area is 113 Å². The zero-order chi connectivity index (χ0) is 13.4. The molecule has 1 unspecified atom stereocenters. The van der Waals surface area contributed by atoms with Crippen LogP contribution in [-0.2, 0) is 0 Å². The van der Waals surface area contributed by atoms with E-state index >= 15 is 0 Å². The van der Waals surface area contributed by atoms with E-state index in [2.05, 4.69) is 5.32 Å². The van der Waals surface area contributed by atoms with Gasteiger partial charge in [0.2, 0.25) is 0 Å². The van der Waals surface area contributed by atoms with Gasteiger partial charge < -0.3 is 14.8 Å². The van der Waals surface area contributed by atoms with Crippen LogP contribution in [0.1, 0.15) is 47.6 Å². The quantitative estimate of drug-likeness (QED) is 0.906. The molecule has 0 bridgehead atoms. The predicted molar refractivity (Wildman–Crippen MR) is 71.7 cm³/mol. The Balaban J connectivity index is 1.93. The fraction of sp³-hybridized carbons (Fsp3) is 0.533. The maximum absolute atomic E-state index is 12.0. The molecule has 1 amide bonds. The lowest BCUT2D eigenvalue weighted by Gasteiger charge is -2.28. The first-order valence-electron chi connectivity index (χ1n) is 6.79. The summed E-state index contributed by atoms with van der Waals surface area (Å²) < 4.78 is 10.6. The number of amides is 1. The molecule has 1 aliphatic carbocycles. The molecular weight excluding hydrogens is 242 g/mol. The molecule has 1 aromatic carbocycles. The summed E-state index contributed by atoms with van der Waals surface area (Å²) in [6.45, 7) is 0. The summed E-state index contributed by atoms with van der Waals surface area (Å²) in [5.74, 6) is 2.06. The minimum absolute atomic E-state index is 0.000256. The largest absolute Gasteiger partial charge is 0.493 e. The van der Waals surface area contributed by atoms with Crippen LogP contribution in [0.5, 0.6) is 11.5 Å². The van der Waals surface area contributed by atoms with E-state index in [1.807, 2.05) is 6.07 Å². The van der Waals surface area contributed by atoms with Crippen LogP contribution in [0, 0.1) is 5.92 Å². The molecule has 1 aliphatic heterocycles. The van der Waals surface area contributed by atoms with E-state index in [4.69, 9.17) is 9.47 Å². The summed E-state index contributed by atoms with van der Waals surface area (Å²) in [4.78, 5) is 12.0. The average molecular weight is 261 g/mol. The van der Waals surface area contributed by atoms with Gasteiger partial charge in [-0.05, 0) is 30.0 Å². The Bertz CT molecular complexity index is 508. The van der Waals surface area contributed by atoms with Crippen LogP contribution in [0.4, 0.5) is 0 Å². The zero-order valence-electron chi connectivity index (χ0n) is 11.4. The highest BCUT2D eigenvalue weighted by atomic mass is 16.5. The maximum Gasteiger partial charge on any atom is 0.252 e. The van der Waals surface area contributed by atoms with E-state index in [0.717, 1.165) is 23.5 Å². The standard InChI is InChI=1S/C15H19NO3/c1-18-13-7-10-11(8-14(13)19-2)15(17)16-12(10)6-9-4-3-5-9/h7-9,12H,3-6H2,1-2H3,(H,16,17). The second-order valence-corrected chi connectivity index (χ2v) is 5.35. The first-order chi connectivity index (χ1) is 9.22. The van der Waals surface area contributed by atoms with Crippen LogP contribution in [-0.4, -0.2) is 20.1 Å². The molecule has 0 saturated heterocycles. The molecule has 19 heavy (non-hydrogen) atoms. The molecule has 2 aliphatic rings. The number of benzene rings is 1. The number of hydrogen-bond donors (Lipinski definition) is 1. The Morgan fingerprint density at radius 3 is 2.47 bits per heavy atom. The van der Waals surface area contributed by atoms with Crippen LogP contribution in [0.25, 0.3) is 0 Å². The van der Waals surface area contributed by atoms with Crippen molar-refractivity contribution < 1.29 is 14.3 Å². The second-order valence-electron chi connectivity index (χ2n) is 5.35. The van der Waals surface area contributed by atoms with Crippen molar-refractivity contribution in [3.63, 3.8) is 0 Å². The van der Waals surface area contributed by atoms with Crippen molar-refractivity contribution in [2.75, 3.05) is 14.2 Å². The number of carbonyl (C=O) groups is 1. The summed E-state index contributed by atoms with van der Waals surface area (Å²) in [6, 6.07) is 3.85. The predicted octanol–water partition coefficient (Wildman–Crippen LogP) is 2.68. The number of ether oxygens (including phenoxy) is 2. The monoisotopic (exact) mass is 261 g/mol. The number of rotatable bonds is 4. The van der Waals surface area contributed by atoms with Crippen LogP contribution < -0.4 is 14.8 Å². The highest BCUT2D eigenvalue weighted by molar-refractivity contribution is 6.00. The SMILES string of the molecule is COc1cc2c(cc1OC)C(CC1CCC1)NC2=O. The van der Waals surface area contributed by atoms with Gasteiger partial charge in [0.05, 0.1) is 20.3 Å². The maximum atomic E-state index is 12.0. The van der Waals surface area contributed by atoms with E-state index in [-0.39, 0.29) is 11.9 Å². The fourth-order valence-electron chi connectivity index (χ4n) is 2.94.